The first-order valence-electron chi connectivity index (χ1n) is 6.38. The van der Waals surface area contributed by atoms with Gasteiger partial charge in [-0.15, -0.1) is 0 Å². The molecule has 1 aliphatic rings. The van der Waals surface area contributed by atoms with Gasteiger partial charge in [0.05, 0.1) is 13.3 Å². The van der Waals surface area contributed by atoms with Crippen molar-refractivity contribution < 1.29 is 14.6 Å². The topological polar surface area (TPSA) is 53.0 Å². The summed E-state index contributed by atoms with van der Waals surface area (Å²) in [5, 5.41) is 9.12. The maximum atomic E-state index is 11.9. The van der Waals surface area contributed by atoms with Gasteiger partial charge in [0.15, 0.2) is 0 Å². The van der Waals surface area contributed by atoms with Crippen molar-refractivity contribution in [2.24, 2.45) is 0 Å². The Bertz CT molecular complexity index is 236. The quantitative estimate of drug-likeness (QED) is 0.757. The van der Waals surface area contributed by atoms with Crippen molar-refractivity contribution in [3.05, 3.63) is 0 Å². The van der Waals surface area contributed by atoms with E-state index in [0.717, 1.165) is 12.8 Å². The fraction of sp³-hybridized carbons (Fsp3) is 0.917. The molecule has 1 saturated heterocycles. The second-order valence-corrected chi connectivity index (χ2v) is 4.75. The van der Waals surface area contributed by atoms with E-state index < -0.39 is 0 Å². The zero-order chi connectivity index (χ0) is 12.8. The minimum atomic E-state index is -0.226. The maximum absolute atomic E-state index is 11.9. The van der Waals surface area contributed by atoms with E-state index in [2.05, 4.69) is 6.92 Å². The largest absolute Gasteiger partial charge is 0.449 e. The van der Waals surface area contributed by atoms with Gasteiger partial charge in [0, 0.05) is 25.2 Å². The molecule has 1 heterocycles. The Kier molecular flexibility index (Phi) is 5.71. The molecule has 1 rings (SSSR count). The SMILES string of the molecule is CCCCOC(=O)N1C(C)CN(CO)CC1C. The number of rotatable bonds is 4. The molecule has 0 radical (unpaired) electrons. The van der Waals surface area contributed by atoms with E-state index in [1.165, 1.54) is 0 Å². The van der Waals surface area contributed by atoms with E-state index in [1.807, 2.05) is 18.7 Å². The van der Waals surface area contributed by atoms with E-state index in [4.69, 9.17) is 9.84 Å². The number of piperazine rings is 1. The second kappa shape index (κ2) is 6.81. The van der Waals surface area contributed by atoms with Crippen LogP contribution in [0.15, 0.2) is 0 Å². The molecule has 0 aromatic rings. The highest BCUT2D eigenvalue weighted by molar-refractivity contribution is 5.68. The molecule has 1 fully saturated rings. The molecule has 5 nitrogen and oxygen atoms in total. The van der Waals surface area contributed by atoms with Crippen LogP contribution < -0.4 is 0 Å². The zero-order valence-corrected chi connectivity index (χ0v) is 11.1. The minimum Gasteiger partial charge on any atom is -0.449 e. The number of unbranched alkanes of at least 4 members (excludes halogenated alkanes) is 1. The number of carbonyl (C=O) groups excluding carboxylic acids is 1. The van der Waals surface area contributed by atoms with Gasteiger partial charge >= 0.3 is 6.09 Å². The Morgan fingerprint density at radius 1 is 1.35 bits per heavy atom. The number of amides is 1. The van der Waals surface area contributed by atoms with Crippen LogP contribution in [0.3, 0.4) is 0 Å². The fourth-order valence-corrected chi connectivity index (χ4v) is 2.29. The lowest BCUT2D eigenvalue weighted by Crippen LogP contribution is -2.58. The van der Waals surface area contributed by atoms with Gasteiger partial charge in [-0.1, -0.05) is 13.3 Å². The number of hydrogen-bond donors (Lipinski definition) is 1. The van der Waals surface area contributed by atoms with Crippen LogP contribution in [0.4, 0.5) is 4.79 Å². The zero-order valence-electron chi connectivity index (χ0n) is 11.1. The van der Waals surface area contributed by atoms with Crippen molar-refractivity contribution >= 4 is 6.09 Å². The van der Waals surface area contributed by atoms with Crippen molar-refractivity contribution in [1.82, 2.24) is 9.80 Å². The van der Waals surface area contributed by atoms with Crippen molar-refractivity contribution in [3.8, 4) is 0 Å². The van der Waals surface area contributed by atoms with E-state index in [1.54, 1.807) is 4.90 Å². The number of ether oxygens (including phenoxy) is 1. The van der Waals surface area contributed by atoms with Gasteiger partial charge in [-0.05, 0) is 20.3 Å². The highest BCUT2D eigenvalue weighted by Crippen LogP contribution is 2.16. The standard InChI is InChI=1S/C12H24N2O3/c1-4-5-6-17-12(16)14-10(2)7-13(9-15)8-11(14)3/h10-11,15H,4-9H2,1-3H3. The maximum Gasteiger partial charge on any atom is 0.410 e. The van der Waals surface area contributed by atoms with Gasteiger partial charge < -0.3 is 14.7 Å². The Morgan fingerprint density at radius 2 is 1.94 bits per heavy atom. The number of carbonyl (C=O) groups is 1. The van der Waals surface area contributed by atoms with Gasteiger partial charge in [0.25, 0.3) is 0 Å². The molecular weight excluding hydrogens is 220 g/mol. The first-order chi connectivity index (χ1) is 8.10. The molecule has 2 atom stereocenters. The van der Waals surface area contributed by atoms with Crippen LogP contribution in [-0.2, 0) is 4.74 Å². The van der Waals surface area contributed by atoms with Crippen LogP contribution in [0.2, 0.25) is 0 Å². The van der Waals surface area contributed by atoms with E-state index in [0.29, 0.717) is 19.7 Å². The molecule has 5 heteroatoms. The average molecular weight is 244 g/mol. The molecule has 0 aliphatic carbocycles. The molecule has 1 N–H and O–H groups in total. The third kappa shape index (κ3) is 3.85. The lowest BCUT2D eigenvalue weighted by atomic mass is 10.1. The van der Waals surface area contributed by atoms with Crippen LogP contribution in [0.1, 0.15) is 33.6 Å². The van der Waals surface area contributed by atoms with Gasteiger partial charge in [-0.2, -0.15) is 0 Å². The monoisotopic (exact) mass is 244 g/mol. The summed E-state index contributed by atoms with van der Waals surface area (Å²) in [4.78, 5) is 15.6. The molecular formula is C12H24N2O3. The summed E-state index contributed by atoms with van der Waals surface area (Å²) in [6.45, 7) is 7.98. The van der Waals surface area contributed by atoms with Crippen molar-refractivity contribution in [3.63, 3.8) is 0 Å². The Morgan fingerprint density at radius 3 is 2.41 bits per heavy atom. The van der Waals surface area contributed by atoms with Crippen LogP contribution in [0.25, 0.3) is 0 Å². The highest BCUT2D eigenvalue weighted by Gasteiger charge is 2.33. The average Bonchev–Trinajstić information content (AvgIpc) is 2.28. The van der Waals surface area contributed by atoms with Crippen LogP contribution >= 0.6 is 0 Å². The number of hydrogen-bond acceptors (Lipinski definition) is 4. The molecule has 0 bridgehead atoms. The predicted molar refractivity (Wildman–Crippen MR) is 65.7 cm³/mol. The van der Waals surface area contributed by atoms with Crippen molar-refractivity contribution in [2.45, 2.75) is 45.7 Å². The highest BCUT2D eigenvalue weighted by atomic mass is 16.6. The molecule has 2 unspecified atom stereocenters. The molecule has 1 amide bonds. The number of aliphatic hydroxyl groups excluding tert-OH is 1. The van der Waals surface area contributed by atoms with E-state index in [9.17, 15) is 4.79 Å². The smallest absolute Gasteiger partial charge is 0.410 e. The number of nitrogens with zero attached hydrogens (tertiary/aromatic N) is 2. The molecule has 1 aliphatic heterocycles. The summed E-state index contributed by atoms with van der Waals surface area (Å²) < 4.78 is 5.24. The lowest BCUT2D eigenvalue weighted by molar-refractivity contribution is -0.00655. The fourth-order valence-electron chi connectivity index (χ4n) is 2.29. The molecule has 0 saturated carbocycles. The Labute approximate surface area is 103 Å². The first-order valence-corrected chi connectivity index (χ1v) is 6.38. The predicted octanol–water partition coefficient (Wildman–Crippen LogP) is 1.27. The van der Waals surface area contributed by atoms with Gasteiger partial charge in [0.1, 0.15) is 0 Å². The van der Waals surface area contributed by atoms with Crippen LogP contribution in [0, 0.1) is 0 Å². The van der Waals surface area contributed by atoms with Crippen molar-refractivity contribution in [2.75, 3.05) is 26.4 Å². The van der Waals surface area contributed by atoms with E-state index in [-0.39, 0.29) is 24.9 Å². The lowest BCUT2D eigenvalue weighted by Gasteiger charge is -2.42. The Hall–Kier alpha value is -0.810. The molecule has 100 valence electrons. The summed E-state index contributed by atoms with van der Waals surface area (Å²) in [6, 6.07) is 0.167. The minimum absolute atomic E-state index is 0.0490. The first kappa shape index (κ1) is 14.3. The summed E-state index contributed by atoms with van der Waals surface area (Å²) in [5.74, 6) is 0. The normalized spacial score (nSPS) is 26.0. The van der Waals surface area contributed by atoms with Crippen molar-refractivity contribution in [1.29, 1.82) is 0 Å². The van der Waals surface area contributed by atoms with Gasteiger partial charge in [-0.25, -0.2) is 4.79 Å². The van der Waals surface area contributed by atoms with Gasteiger partial charge in [0.2, 0.25) is 0 Å². The van der Waals surface area contributed by atoms with Crippen LogP contribution in [-0.4, -0.2) is 59.5 Å². The summed E-state index contributed by atoms with van der Waals surface area (Å²) in [6.07, 6.45) is 1.71. The third-order valence-corrected chi connectivity index (χ3v) is 3.13. The third-order valence-electron chi connectivity index (χ3n) is 3.13. The molecule has 17 heavy (non-hydrogen) atoms. The number of aliphatic hydroxyl groups is 1. The molecule has 0 aromatic heterocycles. The molecule has 0 aromatic carbocycles. The second-order valence-electron chi connectivity index (χ2n) is 4.75. The van der Waals surface area contributed by atoms with Crippen LogP contribution in [0.5, 0.6) is 0 Å². The van der Waals surface area contributed by atoms with Gasteiger partial charge in [-0.3, -0.25) is 4.90 Å². The van der Waals surface area contributed by atoms with E-state index >= 15 is 0 Å². The molecule has 0 spiro atoms. The summed E-state index contributed by atoms with van der Waals surface area (Å²) in [5.41, 5.74) is 0. The Balaban J connectivity index is 2.48. The summed E-state index contributed by atoms with van der Waals surface area (Å²) in [7, 11) is 0. The summed E-state index contributed by atoms with van der Waals surface area (Å²) >= 11 is 0.